The minimum atomic E-state index is 0.688. The molecule has 0 unspecified atom stereocenters. The third-order valence-electron chi connectivity index (χ3n) is 2.08. The second-order valence-electron chi connectivity index (χ2n) is 3.63. The second-order valence-corrected chi connectivity index (χ2v) is 3.63. The fraction of sp³-hybridized carbons (Fsp3) is 0.353. The van der Waals surface area contributed by atoms with E-state index in [0.717, 1.165) is 32.0 Å². The maximum atomic E-state index is 10.1. The van der Waals surface area contributed by atoms with E-state index in [9.17, 15) is 4.79 Å². The standard InChI is InChI=1S/C17H20O/c1-2-3-4-5-6-7-8-9-10-11-12-13-14-15-16-17-18/h2-3,8-11,17H,12-16H2,1H3/b3-2+,9-8+,11-10+. The first-order valence-corrected chi connectivity index (χ1v) is 6.29. The zero-order valence-electron chi connectivity index (χ0n) is 11.0. The monoisotopic (exact) mass is 240 g/mol. The zero-order chi connectivity index (χ0) is 13.3. The summed E-state index contributed by atoms with van der Waals surface area (Å²) in [6.07, 6.45) is 17.4. The minimum Gasteiger partial charge on any atom is -0.303 e. The quantitative estimate of drug-likeness (QED) is 0.286. The van der Waals surface area contributed by atoms with Crippen LogP contribution < -0.4 is 0 Å². The lowest BCUT2D eigenvalue weighted by Gasteiger charge is -1.92. The molecule has 0 aliphatic rings. The Kier molecular flexibility index (Phi) is 13.4. The Balaban J connectivity index is 3.57. The van der Waals surface area contributed by atoms with Crippen LogP contribution in [0.25, 0.3) is 0 Å². The third-order valence-corrected chi connectivity index (χ3v) is 2.08. The van der Waals surface area contributed by atoms with Crippen LogP contribution in [0.3, 0.4) is 0 Å². The van der Waals surface area contributed by atoms with E-state index in [1.165, 1.54) is 0 Å². The lowest BCUT2D eigenvalue weighted by atomic mass is 10.1. The lowest BCUT2D eigenvalue weighted by molar-refractivity contribution is -0.107. The van der Waals surface area contributed by atoms with Crippen LogP contribution in [0.4, 0.5) is 0 Å². The van der Waals surface area contributed by atoms with Crippen molar-refractivity contribution in [3.05, 3.63) is 36.5 Å². The molecule has 0 aromatic rings. The van der Waals surface area contributed by atoms with Crippen molar-refractivity contribution in [2.75, 3.05) is 0 Å². The molecule has 0 aliphatic heterocycles. The average molecular weight is 240 g/mol. The molecule has 0 N–H and O–H groups in total. The fourth-order valence-electron chi connectivity index (χ4n) is 1.18. The van der Waals surface area contributed by atoms with Crippen LogP contribution in [0.5, 0.6) is 0 Å². The maximum Gasteiger partial charge on any atom is 0.119 e. The van der Waals surface area contributed by atoms with Crippen molar-refractivity contribution < 1.29 is 4.79 Å². The van der Waals surface area contributed by atoms with Crippen LogP contribution in [-0.4, -0.2) is 6.29 Å². The molecule has 0 saturated carbocycles. The summed E-state index contributed by atoms with van der Waals surface area (Å²) in [6, 6.07) is 0. The number of rotatable bonds is 7. The molecule has 0 aromatic carbocycles. The van der Waals surface area contributed by atoms with Crippen LogP contribution in [0, 0.1) is 23.7 Å². The van der Waals surface area contributed by atoms with Crippen molar-refractivity contribution in [3.8, 4) is 23.7 Å². The highest BCUT2D eigenvalue weighted by Gasteiger charge is 1.85. The number of aldehydes is 1. The summed E-state index contributed by atoms with van der Waals surface area (Å²) in [5.74, 6) is 11.1. The highest BCUT2D eigenvalue weighted by Crippen LogP contribution is 2.02. The summed E-state index contributed by atoms with van der Waals surface area (Å²) in [5, 5.41) is 0. The maximum absolute atomic E-state index is 10.1. The summed E-state index contributed by atoms with van der Waals surface area (Å²) < 4.78 is 0. The molecule has 0 spiro atoms. The number of hydrogen-bond acceptors (Lipinski definition) is 1. The van der Waals surface area contributed by atoms with Crippen molar-refractivity contribution in [2.24, 2.45) is 0 Å². The van der Waals surface area contributed by atoms with E-state index in [2.05, 4.69) is 29.8 Å². The lowest BCUT2D eigenvalue weighted by Crippen LogP contribution is -1.77. The normalized spacial score (nSPS) is 10.3. The Morgan fingerprint density at radius 3 is 2.33 bits per heavy atom. The van der Waals surface area contributed by atoms with Crippen molar-refractivity contribution >= 4 is 6.29 Å². The highest BCUT2D eigenvalue weighted by atomic mass is 16.1. The Morgan fingerprint density at radius 2 is 1.61 bits per heavy atom. The van der Waals surface area contributed by atoms with E-state index >= 15 is 0 Å². The molecule has 1 heteroatoms. The van der Waals surface area contributed by atoms with E-state index < -0.39 is 0 Å². The van der Waals surface area contributed by atoms with Gasteiger partial charge in [0.2, 0.25) is 0 Å². The molecule has 0 amide bonds. The highest BCUT2D eigenvalue weighted by molar-refractivity contribution is 5.48. The summed E-state index contributed by atoms with van der Waals surface area (Å²) in [5.41, 5.74) is 0. The summed E-state index contributed by atoms with van der Waals surface area (Å²) in [7, 11) is 0. The molecule has 1 nitrogen and oxygen atoms in total. The molecule has 0 heterocycles. The van der Waals surface area contributed by atoms with Crippen LogP contribution >= 0.6 is 0 Å². The topological polar surface area (TPSA) is 17.1 Å². The van der Waals surface area contributed by atoms with Crippen LogP contribution in [0.1, 0.15) is 39.0 Å². The molecule has 0 bridgehead atoms. The number of hydrogen-bond donors (Lipinski definition) is 0. The molecule has 0 atom stereocenters. The van der Waals surface area contributed by atoms with E-state index in [4.69, 9.17) is 0 Å². The summed E-state index contributed by atoms with van der Waals surface area (Å²) in [4.78, 5) is 10.1. The Bertz CT molecular complexity index is 402. The number of unbranched alkanes of at least 4 members (excludes halogenated alkanes) is 4. The molecule has 94 valence electrons. The van der Waals surface area contributed by atoms with Crippen molar-refractivity contribution in [2.45, 2.75) is 39.0 Å². The average Bonchev–Trinajstić information content (AvgIpc) is 2.39. The van der Waals surface area contributed by atoms with Crippen LogP contribution in [-0.2, 0) is 4.79 Å². The van der Waals surface area contributed by atoms with Gasteiger partial charge in [-0.3, -0.25) is 0 Å². The van der Waals surface area contributed by atoms with Gasteiger partial charge in [0.05, 0.1) is 0 Å². The van der Waals surface area contributed by atoms with E-state index in [1.54, 1.807) is 12.2 Å². The predicted molar refractivity (Wildman–Crippen MR) is 77.8 cm³/mol. The number of allylic oxidation sites excluding steroid dienone is 6. The van der Waals surface area contributed by atoms with Gasteiger partial charge in [0.15, 0.2) is 0 Å². The van der Waals surface area contributed by atoms with Crippen molar-refractivity contribution in [1.29, 1.82) is 0 Å². The van der Waals surface area contributed by atoms with Gasteiger partial charge in [-0.05, 0) is 50.2 Å². The first-order chi connectivity index (χ1) is 8.91. The molecule has 18 heavy (non-hydrogen) atoms. The molecule has 0 saturated heterocycles. The summed E-state index contributed by atoms with van der Waals surface area (Å²) >= 11 is 0. The van der Waals surface area contributed by atoms with Crippen molar-refractivity contribution in [3.63, 3.8) is 0 Å². The predicted octanol–water partition coefficient (Wildman–Crippen LogP) is 3.83. The molecule has 0 rings (SSSR count). The van der Waals surface area contributed by atoms with Gasteiger partial charge < -0.3 is 4.79 Å². The first-order valence-electron chi connectivity index (χ1n) is 6.29. The molecular formula is C17H20O. The third kappa shape index (κ3) is 14.0. The largest absolute Gasteiger partial charge is 0.303 e. The van der Waals surface area contributed by atoms with Crippen molar-refractivity contribution in [1.82, 2.24) is 0 Å². The molecule has 0 radical (unpaired) electrons. The SMILES string of the molecule is C/C=C/C#CC#C/C=C/C=C/CCCCCC=O. The molecule has 0 aliphatic carbocycles. The van der Waals surface area contributed by atoms with E-state index in [1.807, 2.05) is 25.2 Å². The Hall–Kier alpha value is -1.99. The van der Waals surface area contributed by atoms with Gasteiger partial charge in [-0.15, -0.1) is 0 Å². The van der Waals surface area contributed by atoms with Gasteiger partial charge in [0.1, 0.15) is 6.29 Å². The number of carbonyl (C=O) groups is 1. The van der Waals surface area contributed by atoms with Gasteiger partial charge in [0.25, 0.3) is 0 Å². The number of carbonyl (C=O) groups excluding carboxylic acids is 1. The van der Waals surface area contributed by atoms with Crippen LogP contribution in [0.2, 0.25) is 0 Å². The Labute approximate surface area is 111 Å². The van der Waals surface area contributed by atoms with Gasteiger partial charge >= 0.3 is 0 Å². The first kappa shape index (κ1) is 16.0. The van der Waals surface area contributed by atoms with Gasteiger partial charge in [-0.25, -0.2) is 0 Å². The molecule has 0 fully saturated rings. The minimum absolute atomic E-state index is 0.688. The van der Waals surface area contributed by atoms with Gasteiger partial charge in [0, 0.05) is 6.42 Å². The molecule has 0 aromatic heterocycles. The van der Waals surface area contributed by atoms with Gasteiger partial charge in [-0.2, -0.15) is 0 Å². The zero-order valence-corrected chi connectivity index (χ0v) is 11.0. The van der Waals surface area contributed by atoms with E-state index in [-0.39, 0.29) is 0 Å². The smallest absolute Gasteiger partial charge is 0.119 e. The van der Waals surface area contributed by atoms with Gasteiger partial charge in [-0.1, -0.05) is 42.6 Å². The molecular weight excluding hydrogens is 220 g/mol. The van der Waals surface area contributed by atoms with E-state index in [0.29, 0.717) is 6.42 Å². The Morgan fingerprint density at radius 1 is 0.889 bits per heavy atom. The summed E-state index contributed by atoms with van der Waals surface area (Å²) in [6.45, 7) is 1.92. The fourth-order valence-corrected chi connectivity index (χ4v) is 1.18. The van der Waals surface area contributed by atoms with Crippen LogP contribution in [0.15, 0.2) is 36.5 Å². The second kappa shape index (κ2) is 15.0.